The van der Waals surface area contributed by atoms with Crippen LogP contribution in [-0.4, -0.2) is 52.8 Å². The minimum absolute atomic E-state index is 0.125. The molecule has 2 bridgehead atoms. The molecular weight excluding hydrogens is 575 g/mol. The molecule has 1 N–H and O–H groups in total. The average Bonchev–Trinajstić information content (AvgIpc) is 3.86. The van der Waals surface area contributed by atoms with Crippen LogP contribution in [0.15, 0.2) is 48.5 Å². The second-order valence-corrected chi connectivity index (χ2v) is 13.4. The number of likely N-dealkylation sites (tertiary alicyclic amines) is 1. The number of benzene rings is 3. The number of hydrogen-bond acceptors (Lipinski definition) is 6. The van der Waals surface area contributed by atoms with E-state index in [1.807, 2.05) is 30.3 Å². The van der Waals surface area contributed by atoms with Crippen LogP contribution in [0, 0.1) is 41.3 Å². The minimum atomic E-state index is -0.442. The highest BCUT2D eigenvalue weighted by Gasteiger charge is 2.48. The van der Waals surface area contributed by atoms with Gasteiger partial charge in [0.1, 0.15) is 11.6 Å². The first-order chi connectivity index (χ1) is 22.4. The third kappa shape index (κ3) is 4.31. The van der Waals surface area contributed by atoms with E-state index in [2.05, 4.69) is 60.0 Å². The monoisotopic (exact) mass is 612 g/mol. The predicted octanol–water partition coefficient (Wildman–Crippen LogP) is 7.18. The highest BCUT2D eigenvalue weighted by molar-refractivity contribution is 6.10. The van der Waals surface area contributed by atoms with Crippen molar-refractivity contribution in [3.05, 3.63) is 71.2 Å². The van der Waals surface area contributed by atoms with E-state index in [0.717, 1.165) is 65.3 Å². The molecule has 3 aromatic carbocycles. The van der Waals surface area contributed by atoms with Crippen molar-refractivity contribution in [1.29, 1.82) is 10.5 Å². The molecule has 5 aromatic rings. The quantitative estimate of drug-likeness (QED) is 0.209. The van der Waals surface area contributed by atoms with E-state index >= 15 is 4.39 Å². The van der Waals surface area contributed by atoms with E-state index in [9.17, 15) is 10.5 Å². The first-order valence-electron chi connectivity index (χ1n) is 16.5. The number of nitrogens with zero attached hydrogens (tertiary/aromatic N) is 5. The molecule has 1 saturated carbocycles. The van der Waals surface area contributed by atoms with Crippen molar-refractivity contribution in [2.45, 2.75) is 70.2 Å². The Balaban J connectivity index is 1.43. The van der Waals surface area contributed by atoms with Crippen LogP contribution < -0.4 is 10.1 Å². The second-order valence-electron chi connectivity index (χ2n) is 13.4. The Kier molecular flexibility index (Phi) is 6.97. The molecule has 2 aromatic heterocycles. The van der Waals surface area contributed by atoms with Crippen LogP contribution in [0.5, 0.6) is 5.88 Å². The first-order valence-corrected chi connectivity index (χ1v) is 16.5. The molecule has 3 aliphatic heterocycles. The molecule has 9 rings (SSSR count). The highest BCUT2D eigenvalue weighted by atomic mass is 19.1. The van der Waals surface area contributed by atoms with Gasteiger partial charge in [0.05, 0.1) is 34.6 Å². The molecule has 0 amide bonds. The number of nitriles is 2. The fourth-order valence-corrected chi connectivity index (χ4v) is 8.65. The van der Waals surface area contributed by atoms with Gasteiger partial charge in [-0.1, -0.05) is 30.3 Å². The number of hydrogen-bond donors (Lipinski definition) is 1. The minimum Gasteiger partial charge on any atom is -0.472 e. The summed E-state index contributed by atoms with van der Waals surface area (Å²) in [5, 5.41) is 26.5. The Bertz CT molecular complexity index is 2100. The van der Waals surface area contributed by atoms with Gasteiger partial charge in [-0.05, 0) is 93.8 Å². The molecule has 3 saturated heterocycles. The summed E-state index contributed by atoms with van der Waals surface area (Å²) in [6.45, 7) is 6.24. The average molecular weight is 613 g/mol. The summed E-state index contributed by atoms with van der Waals surface area (Å²) in [7, 11) is 2.13. The standard InChI is InChI=1S/C38H37FN6O/c1-21-16-29-37(45(21)36-26-18-30(36)42-20-26)28-17-24(11-6-14-40)33(27-12-5-9-23-8-4-10-25(19-41)32(23)27)34(39)35(28)43-38(29)46-22(2)31-13-7-15-44(31)3/h4-5,8-10,12,16-17,22,26,30-31,36,42H,6-7,11,13,15,18,20H2,1-3H3/t22?,26-,30-,31+,36+/m1/s1. The molecule has 1 unspecified atom stereocenters. The summed E-state index contributed by atoms with van der Waals surface area (Å²) in [6.07, 6.45) is 3.82. The molecule has 232 valence electrons. The smallest absolute Gasteiger partial charge is 0.223 e. The second kappa shape index (κ2) is 11.1. The summed E-state index contributed by atoms with van der Waals surface area (Å²) in [5.74, 6) is 0.547. The number of fused-ring (bicyclic) bond motifs is 5. The largest absolute Gasteiger partial charge is 0.472 e. The lowest BCUT2D eigenvalue weighted by Gasteiger charge is -2.37. The van der Waals surface area contributed by atoms with E-state index < -0.39 is 5.82 Å². The number of likely N-dealkylation sites (N-methyl/N-ethyl adjacent to an activating group) is 1. The summed E-state index contributed by atoms with van der Waals surface area (Å²) in [6, 6.07) is 21.0. The maximum absolute atomic E-state index is 17.5. The normalized spacial score (nSPS) is 23.1. The molecule has 5 heterocycles. The topological polar surface area (TPSA) is 89.9 Å². The number of rotatable bonds is 7. The molecule has 8 heteroatoms. The van der Waals surface area contributed by atoms with Gasteiger partial charge in [-0.2, -0.15) is 10.5 Å². The Morgan fingerprint density at radius 3 is 2.67 bits per heavy atom. The van der Waals surface area contributed by atoms with Gasteiger partial charge >= 0.3 is 0 Å². The van der Waals surface area contributed by atoms with E-state index in [4.69, 9.17) is 9.72 Å². The van der Waals surface area contributed by atoms with Crippen LogP contribution in [0.4, 0.5) is 4.39 Å². The molecule has 7 nitrogen and oxygen atoms in total. The maximum Gasteiger partial charge on any atom is 0.223 e. The lowest BCUT2D eigenvalue weighted by molar-refractivity contribution is 0.119. The van der Waals surface area contributed by atoms with Gasteiger partial charge in [0, 0.05) is 47.1 Å². The van der Waals surface area contributed by atoms with Crippen LogP contribution in [0.3, 0.4) is 0 Å². The summed E-state index contributed by atoms with van der Waals surface area (Å²) in [4.78, 5) is 7.34. The van der Waals surface area contributed by atoms with Crippen LogP contribution in [0.2, 0.25) is 0 Å². The molecule has 4 fully saturated rings. The number of nitrogens with one attached hydrogen (secondary N) is 1. The van der Waals surface area contributed by atoms with E-state index in [1.54, 1.807) is 6.07 Å². The van der Waals surface area contributed by atoms with Crippen LogP contribution in [0.1, 0.15) is 55.5 Å². The van der Waals surface area contributed by atoms with Crippen LogP contribution in [-0.2, 0) is 6.42 Å². The predicted molar refractivity (Wildman–Crippen MR) is 178 cm³/mol. The summed E-state index contributed by atoms with van der Waals surface area (Å²) >= 11 is 0. The summed E-state index contributed by atoms with van der Waals surface area (Å²) in [5.41, 5.74) is 4.59. The number of pyridine rings is 1. The van der Waals surface area contributed by atoms with Crippen molar-refractivity contribution in [1.82, 2.24) is 19.8 Å². The van der Waals surface area contributed by atoms with Crippen molar-refractivity contribution in [2.75, 3.05) is 20.1 Å². The Morgan fingerprint density at radius 2 is 1.98 bits per heavy atom. The van der Waals surface area contributed by atoms with Gasteiger partial charge < -0.3 is 14.6 Å². The lowest BCUT2D eigenvalue weighted by atomic mass is 9.79. The maximum atomic E-state index is 17.5. The van der Waals surface area contributed by atoms with Crippen molar-refractivity contribution < 1.29 is 9.13 Å². The number of aromatic nitrogens is 2. The molecule has 46 heavy (non-hydrogen) atoms. The number of aryl methyl sites for hydroxylation is 2. The van der Waals surface area contributed by atoms with Gasteiger partial charge in [0.2, 0.25) is 5.88 Å². The van der Waals surface area contributed by atoms with E-state index in [-0.39, 0.29) is 30.1 Å². The number of halogens is 1. The zero-order valence-electron chi connectivity index (χ0n) is 26.5. The van der Waals surface area contributed by atoms with Gasteiger partial charge in [0.25, 0.3) is 0 Å². The van der Waals surface area contributed by atoms with E-state index in [1.165, 1.54) is 0 Å². The van der Waals surface area contributed by atoms with Crippen molar-refractivity contribution in [3.8, 4) is 29.1 Å². The van der Waals surface area contributed by atoms with Crippen molar-refractivity contribution >= 4 is 32.6 Å². The fraction of sp³-hybridized carbons (Fsp3) is 0.395. The molecule has 4 aliphatic rings. The Hall–Kier alpha value is -4.50. The lowest BCUT2D eigenvalue weighted by Crippen LogP contribution is -2.39. The van der Waals surface area contributed by atoms with Gasteiger partial charge in [-0.3, -0.25) is 4.90 Å². The molecule has 0 spiro atoms. The highest BCUT2D eigenvalue weighted by Crippen LogP contribution is 2.49. The van der Waals surface area contributed by atoms with E-state index in [0.29, 0.717) is 46.3 Å². The first kappa shape index (κ1) is 28.9. The molecule has 5 atom stereocenters. The number of ether oxygens (including phenoxy) is 1. The SMILES string of the molecule is Cc1cc2c(OC(C)[C@@H]3CCCN3C)nc3c(F)c(-c4cccc5cccc(C#N)c45)c(CCC#N)cc3c2n1[C@H]1[C@H]2CN[C@@H]1C2. The third-order valence-electron chi connectivity index (χ3n) is 10.9. The Morgan fingerprint density at radius 1 is 1.15 bits per heavy atom. The van der Waals surface area contributed by atoms with Crippen molar-refractivity contribution in [3.63, 3.8) is 0 Å². The van der Waals surface area contributed by atoms with Gasteiger partial charge in [0.15, 0.2) is 5.82 Å². The Labute approximate surface area is 268 Å². The molecular formula is C38H37FN6O. The molecule has 1 aliphatic carbocycles. The zero-order valence-corrected chi connectivity index (χ0v) is 26.5. The van der Waals surface area contributed by atoms with Gasteiger partial charge in [-0.15, -0.1) is 0 Å². The van der Waals surface area contributed by atoms with Gasteiger partial charge in [-0.25, -0.2) is 9.37 Å². The van der Waals surface area contributed by atoms with Crippen LogP contribution >= 0.6 is 0 Å². The summed E-state index contributed by atoms with van der Waals surface area (Å²) < 4.78 is 26.6. The zero-order chi connectivity index (χ0) is 31.7. The van der Waals surface area contributed by atoms with Crippen molar-refractivity contribution in [2.24, 2.45) is 5.92 Å². The van der Waals surface area contributed by atoms with Crippen LogP contribution in [0.25, 0.3) is 43.7 Å². The molecule has 0 radical (unpaired) electrons. The third-order valence-corrected chi connectivity index (χ3v) is 10.9. The fourth-order valence-electron chi connectivity index (χ4n) is 8.65.